The lowest BCUT2D eigenvalue weighted by Crippen LogP contribution is -2.29. The normalized spacial score (nSPS) is 13.5. The number of nitrogens with one attached hydrogen (secondary N) is 2. The van der Waals surface area contributed by atoms with Gasteiger partial charge in [-0.05, 0) is 97.1 Å². The second-order valence-electron chi connectivity index (χ2n) is 11.7. The van der Waals surface area contributed by atoms with Crippen LogP contribution in [-0.2, 0) is 28.7 Å². The van der Waals surface area contributed by atoms with Crippen LogP contribution in [0.2, 0.25) is 0 Å². The number of imide groups is 2. The number of hydrogen-bond acceptors (Lipinski definition) is 10. The van der Waals surface area contributed by atoms with Crippen molar-refractivity contribution in [2.75, 3.05) is 60.1 Å². The highest BCUT2D eigenvalue weighted by molar-refractivity contribution is 6.29. The summed E-state index contributed by atoms with van der Waals surface area (Å²) in [5.74, 6) is -1.16. The first kappa shape index (κ1) is 36.9. The maximum Gasteiger partial charge on any atom is 0.258 e. The van der Waals surface area contributed by atoms with Gasteiger partial charge in [0.05, 0.1) is 37.8 Å². The van der Waals surface area contributed by atoms with E-state index in [0.717, 1.165) is 9.80 Å². The molecule has 0 atom stereocenters. The Morgan fingerprint density at radius 3 is 1.07 bits per heavy atom. The van der Waals surface area contributed by atoms with Crippen LogP contribution in [0.1, 0.15) is 20.7 Å². The third kappa shape index (κ3) is 9.50. The van der Waals surface area contributed by atoms with E-state index in [4.69, 9.17) is 18.9 Å². The number of rotatable bonds is 17. The predicted octanol–water partition coefficient (Wildman–Crippen LogP) is 4.54. The van der Waals surface area contributed by atoms with Gasteiger partial charge in [-0.1, -0.05) is 0 Å². The lowest BCUT2D eigenvalue weighted by atomic mass is 10.1. The molecule has 2 N–H and O–H groups in total. The molecule has 4 aromatic carbocycles. The molecule has 2 aliphatic rings. The first-order chi connectivity index (χ1) is 26.2. The van der Waals surface area contributed by atoms with Gasteiger partial charge in [0.25, 0.3) is 35.4 Å². The molecule has 0 radical (unpaired) electrons. The maximum absolute atomic E-state index is 12.6. The van der Waals surface area contributed by atoms with Crippen LogP contribution in [0.3, 0.4) is 0 Å². The summed E-state index contributed by atoms with van der Waals surface area (Å²) in [6, 6.07) is 26.1. The summed E-state index contributed by atoms with van der Waals surface area (Å²) in [7, 11) is 0. The van der Waals surface area contributed by atoms with Crippen molar-refractivity contribution in [1.82, 2.24) is 0 Å². The molecule has 6 rings (SSSR count). The Morgan fingerprint density at radius 2 is 0.741 bits per heavy atom. The van der Waals surface area contributed by atoms with Crippen LogP contribution in [0.15, 0.2) is 121 Å². The van der Waals surface area contributed by atoms with Crippen LogP contribution >= 0.6 is 0 Å². The van der Waals surface area contributed by atoms with Crippen LogP contribution in [0.5, 0.6) is 11.5 Å². The molecule has 0 aromatic heterocycles. The van der Waals surface area contributed by atoms with Crippen LogP contribution in [0.25, 0.3) is 0 Å². The molecule has 14 nitrogen and oxygen atoms in total. The third-order valence-electron chi connectivity index (χ3n) is 7.98. The quantitative estimate of drug-likeness (QED) is 0.116. The van der Waals surface area contributed by atoms with Crippen LogP contribution in [0.4, 0.5) is 22.7 Å². The fourth-order valence-corrected chi connectivity index (χ4v) is 5.27. The van der Waals surface area contributed by atoms with Gasteiger partial charge in [0.2, 0.25) is 0 Å². The Labute approximate surface area is 309 Å². The zero-order valence-corrected chi connectivity index (χ0v) is 28.8. The summed E-state index contributed by atoms with van der Waals surface area (Å²) in [5, 5.41) is 5.59. The first-order valence-corrected chi connectivity index (χ1v) is 16.8. The van der Waals surface area contributed by atoms with Crippen molar-refractivity contribution in [3.05, 3.63) is 132 Å². The minimum absolute atomic E-state index is 0.322. The molecule has 0 spiro atoms. The Balaban J connectivity index is 0.796. The lowest BCUT2D eigenvalue weighted by Gasteiger charge is -2.14. The average Bonchev–Trinajstić information content (AvgIpc) is 3.71. The van der Waals surface area contributed by atoms with Gasteiger partial charge in [0, 0.05) is 46.8 Å². The van der Waals surface area contributed by atoms with Gasteiger partial charge < -0.3 is 29.6 Å². The van der Waals surface area contributed by atoms with Gasteiger partial charge in [0.15, 0.2) is 0 Å². The number of carbonyl (C=O) groups excluding carboxylic acids is 6. The summed E-state index contributed by atoms with van der Waals surface area (Å²) in [6.45, 7) is 2.10. The van der Waals surface area contributed by atoms with Crippen LogP contribution in [0, 0.1) is 0 Å². The zero-order valence-electron chi connectivity index (χ0n) is 28.8. The summed E-state index contributed by atoms with van der Waals surface area (Å²) in [6.07, 6.45) is 4.80. The minimum atomic E-state index is -0.425. The van der Waals surface area contributed by atoms with Crippen molar-refractivity contribution in [3.63, 3.8) is 0 Å². The Kier molecular flexibility index (Phi) is 12.0. The first-order valence-electron chi connectivity index (χ1n) is 16.8. The maximum atomic E-state index is 12.6. The number of hydrogen-bond donors (Lipinski definition) is 2. The molecule has 0 saturated heterocycles. The lowest BCUT2D eigenvalue weighted by molar-refractivity contribution is -0.121. The number of ether oxygens (including phenoxy) is 4. The largest absolute Gasteiger partial charge is 0.491 e. The summed E-state index contributed by atoms with van der Waals surface area (Å²) < 4.78 is 22.5. The monoisotopic (exact) mass is 730 g/mol. The molecule has 6 amide bonds. The third-order valence-corrected chi connectivity index (χ3v) is 7.98. The minimum Gasteiger partial charge on any atom is -0.491 e. The highest BCUT2D eigenvalue weighted by Crippen LogP contribution is 2.23. The van der Waals surface area contributed by atoms with Gasteiger partial charge in [-0.2, -0.15) is 0 Å². The highest BCUT2D eigenvalue weighted by atomic mass is 16.6. The fourth-order valence-electron chi connectivity index (χ4n) is 5.27. The van der Waals surface area contributed by atoms with E-state index in [9.17, 15) is 28.8 Å². The standard InChI is InChI=1S/C40H34N4O10/c45-35-17-18-36(46)43(35)31-9-1-27(2-10-31)39(49)41-29-5-13-33(14-6-29)53-25-23-51-21-22-52-24-26-54-34-15-7-30(8-16-34)42-40(50)28-3-11-32(12-4-28)44-37(47)19-20-38(44)48/h1-20H,21-26H2,(H,41,49)(H,42,50). The molecular formula is C40H34N4O10. The topological polar surface area (TPSA) is 170 Å². The smallest absolute Gasteiger partial charge is 0.258 e. The molecule has 2 aliphatic heterocycles. The zero-order chi connectivity index (χ0) is 37.9. The molecule has 4 aromatic rings. The summed E-state index contributed by atoms with van der Waals surface area (Å²) >= 11 is 0. The molecule has 54 heavy (non-hydrogen) atoms. The van der Waals surface area contributed by atoms with Crippen molar-refractivity contribution in [2.45, 2.75) is 0 Å². The highest BCUT2D eigenvalue weighted by Gasteiger charge is 2.26. The van der Waals surface area contributed by atoms with E-state index in [-0.39, 0.29) is 11.8 Å². The van der Waals surface area contributed by atoms with Crippen molar-refractivity contribution in [1.29, 1.82) is 0 Å². The molecule has 0 aliphatic carbocycles. The van der Waals surface area contributed by atoms with Gasteiger partial charge in [-0.25, -0.2) is 9.80 Å². The second kappa shape index (κ2) is 17.5. The predicted molar refractivity (Wildman–Crippen MR) is 198 cm³/mol. The average molecular weight is 731 g/mol. The molecule has 14 heteroatoms. The molecule has 2 heterocycles. The van der Waals surface area contributed by atoms with E-state index < -0.39 is 23.6 Å². The Bertz CT molecular complexity index is 1890. The number of amides is 6. The number of nitrogens with zero attached hydrogens (tertiary/aromatic N) is 2. The van der Waals surface area contributed by atoms with Crippen LogP contribution in [-0.4, -0.2) is 75.1 Å². The summed E-state index contributed by atoms with van der Waals surface area (Å²) in [5.41, 5.74) is 2.66. The summed E-state index contributed by atoms with van der Waals surface area (Å²) in [4.78, 5) is 74.7. The number of carbonyl (C=O) groups is 6. The molecule has 0 bridgehead atoms. The van der Waals surface area contributed by atoms with Crippen molar-refractivity contribution >= 4 is 58.2 Å². The van der Waals surface area contributed by atoms with Crippen LogP contribution < -0.4 is 29.9 Å². The van der Waals surface area contributed by atoms with E-state index in [1.165, 1.54) is 24.3 Å². The van der Waals surface area contributed by atoms with E-state index in [0.29, 0.717) is 85.0 Å². The van der Waals surface area contributed by atoms with Crippen molar-refractivity contribution in [2.24, 2.45) is 0 Å². The van der Waals surface area contributed by atoms with E-state index >= 15 is 0 Å². The molecule has 0 fully saturated rings. The van der Waals surface area contributed by atoms with Crippen molar-refractivity contribution < 1.29 is 47.7 Å². The fraction of sp³-hybridized carbons (Fsp3) is 0.150. The van der Waals surface area contributed by atoms with E-state index in [1.807, 2.05) is 0 Å². The van der Waals surface area contributed by atoms with Gasteiger partial charge in [-0.15, -0.1) is 0 Å². The van der Waals surface area contributed by atoms with E-state index in [1.54, 1.807) is 97.1 Å². The molecule has 274 valence electrons. The van der Waals surface area contributed by atoms with E-state index in [2.05, 4.69) is 10.6 Å². The number of anilines is 4. The van der Waals surface area contributed by atoms with Crippen molar-refractivity contribution in [3.8, 4) is 11.5 Å². The molecular weight excluding hydrogens is 696 g/mol. The molecule has 0 unspecified atom stereocenters. The SMILES string of the molecule is O=C(Nc1ccc(OCCOCCOCCOc2ccc(NC(=O)c3ccc(N4C(=O)C=CC4=O)cc3)cc2)cc1)c1ccc(N2C(=O)C=CC2=O)cc1. The van der Waals surface area contributed by atoms with Gasteiger partial charge in [-0.3, -0.25) is 28.8 Å². The Morgan fingerprint density at radius 1 is 0.426 bits per heavy atom. The number of benzene rings is 4. The molecule has 0 saturated carbocycles. The van der Waals surface area contributed by atoms with Gasteiger partial charge >= 0.3 is 0 Å². The Hall–Kier alpha value is -6.90. The van der Waals surface area contributed by atoms with Gasteiger partial charge in [0.1, 0.15) is 24.7 Å². The second-order valence-corrected chi connectivity index (χ2v) is 11.7.